The van der Waals surface area contributed by atoms with E-state index in [0.717, 1.165) is 41.7 Å². The minimum atomic E-state index is -0.163. The second-order valence-corrected chi connectivity index (χ2v) is 11.0. The largest absolute Gasteiger partial charge is 0.411 e. The van der Waals surface area contributed by atoms with E-state index < -0.39 is 0 Å². The maximum atomic E-state index is 9.34. The lowest BCUT2D eigenvalue weighted by atomic mass is 9.45. The summed E-state index contributed by atoms with van der Waals surface area (Å²) in [6.45, 7) is 4.83. The number of oxime groups is 1. The second kappa shape index (κ2) is 6.68. The fraction of sp³-hybridized carbons (Fsp3) is 0.808. The van der Waals surface area contributed by atoms with Gasteiger partial charge in [-0.05, 0) is 98.5 Å². The molecule has 1 heterocycles. The quantitative estimate of drug-likeness (QED) is 0.375. The van der Waals surface area contributed by atoms with Crippen molar-refractivity contribution in [2.75, 3.05) is 7.11 Å². The monoisotopic (exact) mass is 411 g/mol. The lowest BCUT2D eigenvalue weighted by Gasteiger charge is -2.60. The van der Waals surface area contributed by atoms with Crippen LogP contribution in [0.4, 0.5) is 0 Å². The zero-order valence-corrected chi connectivity index (χ0v) is 18.7. The van der Waals surface area contributed by atoms with Gasteiger partial charge in [0.2, 0.25) is 0 Å². The van der Waals surface area contributed by atoms with Crippen molar-refractivity contribution < 1.29 is 14.7 Å². The molecule has 1 aliphatic heterocycles. The summed E-state index contributed by atoms with van der Waals surface area (Å²) in [4.78, 5) is 0. The molecule has 0 aromatic heterocycles. The lowest BCUT2D eigenvalue weighted by Crippen LogP contribution is -2.58. The van der Waals surface area contributed by atoms with Crippen molar-refractivity contribution in [1.82, 2.24) is 0 Å². The third-order valence-electron chi connectivity index (χ3n) is 10.5. The predicted octanol–water partition coefficient (Wildman–Crippen LogP) is 5.57. The number of hydrogen-bond acceptors (Lipinski definition) is 4. The standard InChI is InChI=1S/C26H37NO3/c1-4-15-12-16-13-17(27-28)6-7-18(16)19-8-10-25(5-2)24(23(15)19)20-14-21(20)26(25)11-9-22(29-3)30-26/h9,11,13,15,18-24,28H,4-8,10,12,14H2,1-3H3/b27-17+/t15-,18-,19?,20+,21-,22?,23?,24?,25-,26-/m0/s1. The molecule has 1 spiro atoms. The molecule has 0 aromatic carbocycles. The zero-order chi connectivity index (χ0) is 20.7. The molecule has 0 bridgehead atoms. The third kappa shape index (κ3) is 2.28. The summed E-state index contributed by atoms with van der Waals surface area (Å²) in [5.74, 6) is 5.44. The number of allylic oxidation sites excluding steroid dienone is 2. The van der Waals surface area contributed by atoms with Crippen molar-refractivity contribution in [1.29, 1.82) is 0 Å². The van der Waals surface area contributed by atoms with Crippen molar-refractivity contribution in [2.24, 2.45) is 52.0 Å². The first-order chi connectivity index (χ1) is 14.6. The molecule has 5 aliphatic carbocycles. The molecule has 30 heavy (non-hydrogen) atoms. The van der Waals surface area contributed by atoms with Crippen molar-refractivity contribution in [2.45, 2.75) is 77.1 Å². The van der Waals surface area contributed by atoms with Gasteiger partial charge < -0.3 is 14.7 Å². The average molecular weight is 412 g/mol. The van der Waals surface area contributed by atoms with E-state index in [-0.39, 0.29) is 17.3 Å². The van der Waals surface area contributed by atoms with Crippen LogP contribution in [0, 0.1) is 46.8 Å². The summed E-state index contributed by atoms with van der Waals surface area (Å²) in [7, 11) is 1.77. The van der Waals surface area contributed by atoms with Crippen LogP contribution in [0.15, 0.2) is 29.0 Å². The van der Waals surface area contributed by atoms with E-state index in [9.17, 15) is 5.21 Å². The van der Waals surface area contributed by atoms with Crippen LogP contribution in [0.2, 0.25) is 0 Å². The van der Waals surface area contributed by atoms with Crippen LogP contribution in [0.3, 0.4) is 0 Å². The number of ether oxygens (including phenoxy) is 2. The van der Waals surface area contributed by atoms with Crippen molar-refractivity contribution in [3.8, 4) is 0 Å². The van der Waals surface area contributed by atoms with Gasteiger partial charge in [-0.25, -0.2) is 0 Å². The summed E-state index contributed by atoms with van der Waals surface area (Å²) in [6, 6.07) is 0. The maximum absolute atomic E-state index is 9.34. The highest BCUT2D eigenvalue weighted by atomic mass is 16.7. The van der Waals surface area contributed by atoms with Gasteiger partial charge in [0.15, 0.2) is 6.29 Å². The molecular weight excluding hydrogens is 374 g/mol. The van der Waals surface area contributed by atoms with Crippen LogP contribution in [0.25, 0.3) is 0 Å². The molecule has 4 saturated carbocycles. The first-order valence-electron chi connectivity index (χ1n) is 12.4. The lowest BCUT2D eigenvalue weighted by molar-refractivity contribution is -0.213. The molecule has 0 amide bonds. The van der Waals surface area contributed by atoms with Crippen LogP contribution in [0.5, 0.6) is 0 Å². The molecule has 4 fully saturated rings. The van der Waals surface area contributed by atoms with Gasteiger partial charge >= 0.3 is 0 Å². The Bertz CT molecular complexity index is 817. The van der Waals surface area contributed by atoms with E-state index in [4.69, 9.17) is 9.47 Å². The van der Waals surface area contributed by atoms with Crippen LogP contribution in [0.1, 0.15) is 65.2 Å². The molecule has 6 aliphatic rings. The number of methoxy groups -OCH3 is 1. The molecular formula is C26H37NO3. The minimum Gasteiger partial charge on any atom is -0.411 e. The Balaban J connectivity index is 1.40. The predicted molar refractivity (Wildman–Crippen MR) is 116 cm³/mol. The SMILES string of the molecule is CC[C@H]1CC2=C/C(=N/O)CC[C@@H]2C2CC[C@@]3(CC)C(C21)[C@@H]1C[C@@H]1[C@@]31C=CC(OC)O1. The Morgan fingerprint density at radius 3 is 2.83 bits per heavy atom. The Labute approximate surface area is 180 Å². The van der Waals surface area contributed by atoms with E-state index in [1.807, 2.05) is 0 Å². The van der Waals surface area contributed by atoms with Crippen LogP contribution in [-0.2, 0) is 9.47 Å². The molecule has 6 rings (SSSR count). The van der Waals surface area contributed by atoms with Crippen LogP contribution < -0.4 is 0 Å². The average Bonchev–Trinajstić information content (AvgIpc) is 3.41. The van der Waals surface area contributed by atoms with Gasteiger partial charge in [-0.3, -0.25) is 0 Å². The van der Waals surface area contributed by atoms with Gasteiger partial charge in [-0.15, -0.1) is 0 Å². The van der Waals surface area contributed by atoms with E-state index >= 15 is 0 Å². The van der Waals surface area contributed by atoms with Crippen molar-refractivity contribution in [3.63, 3.8) is 0 Å². The molecule has 0 saturated heterocycles. The van der Waals surface area contributed by atoms with Gasteiger partial charge in [0.1, 0.15) is 0 Å². The molecule has 1 N–H and O–H groups in total. The fourth-order valence-electron chi connectivity index (χ4n) is 9.47. The minimum absolute atomic E-state index is 0.0829. The Morgan fingerprint density at radius 2 is 2.13 bits per heavy atom. The van der Waals surface area contributed by atoms with Crippen LogP contribution >= 0.6 is 0 Å². The van der Waals surface area contributed by atoms with E-state index in [0.29, 0.717) is 11.8 Å². The summed E-state index contributed by atoms with van der Waals surface area (Å²) in [5, 5.41) is 12.9. The summed E-state index contributed by atoms with van der Waals surface area (Å²) < 4.78 is 12.4. The maximum Gasteiger partial charge on any atom is 0.177 e. The van der Waals surface area contributed by atoms with E-state index in [1.54, 1.807) is 12.7 Å². The topological polar surface area (TPSA) is 51.1 Å². The molecule has 0 aromatic rings. The molecule has 4 unspecified atom stereocenters. The molecule has 0 radical (unpaired) electrons. The summed E-state index contributed by atoms with van der Waals surface area (Å²) in [5.41, 5.74) is 2.68. The fourth-order valence-corrected chi connectivity index (χ4v) is 9.47. The second-order valence-electron chi connectivity index (χ2n) is 11.0. The summed E-state index contributed by atoms with van der Waals surface area (Å²) in [6.07, 6.45) is 16.5. The Hall–Kier alpha value is -1.13. The van der Waals surface area contributed by atoms with Gasteiger partial charge in [-0.1, -0.05) is 37.1 Å². The van der Waals surface area contributed by atoms with E-state index in [1.165, 1.54) is 44.9 Å². The smallest absolute Gasteiger partial charge is 0.177 e. The molecule has 4 nitrogen and oxygen atoms in total. The van der Waals surface area contributed by atoms with Gasteiger partial charge in [-0.2, -0.15) is 0 Å². The number of hydrogen-bond donors (Lipinski definition) is 1. The summed E-state index contributed by atoms with van der Waals surface area (Å²) >= 11 is 0. The molecule has 10 atom stereocenters. The third-order valence-corrected chi connectivity index (χ3v) is 10.5. The zero-order valence-electron chi connectivity index (χ0n) is 18.7. The molecule has 164 valence electrons. The number of fused-ring (bicyclic) bond motifs is 9. The number of nitrogens with zero attached hydrogens (tertiary/aromatic N) is 1. The number of rotatable bonds is 3. The Morgan fingerprint density at radius 1 is 1.27 bits per heavy atom. The van der Waals surface area contributed by atoms with Gasteiger partial charge in [0, 0.05) is 12.5 Å². The highest BCUT2D eigenvalue weighted by Crippen LogP contribution is 2.79. The van der Waals surface area contributed by atoms with Gasteiger partial charge in [0.25, 0.3) is 0 Å². The highest BCUT2D eigenvalue weighted by Gasteiger charge is 2.78. The van der Waals surface area contributed by atoms with Crippen LogP contribution in [-0.4, -0.2) is 29.9 Å². The Kier molecular flexibility index (Phi) is 4.35. The highest BCUT2D eigenvalue weighted by molar-refractivity contribution is 5.96. The van der Waals surface area contributed by atoms with Crippen molar-refractivity contribution in [3.05, 3.63) is 23.8 Å². The van der Waals surface area contributed by atoms with Crippen molar-refractivity contribution >= 4 is 5.71 Å². The van der Waals surface area contributed by atoms with Gasteiger partial charge in [0.05, 0.1) is 11.3 Å². The normalized spacial score (nSPS) is 54.5. The first kappa shape index (κ1) is 19.5. The van der Waals surface area contributed by atoms with E-state index in [2.05, 4.69) is 37.2 Å². The first-order valence-corrected chi connectivity index (χ1v) is 12.4. The molecule has 4 heteroatoms.